The van der Waals surface area contributed by atoms with Crippen molar-refractivity contribution in [1.29, 1.82) is 0 Å². The zero-order chi connectivity index (χ0) is 11.5. The molecule has 5 heteroatoms. The van der Waals surface area contributed by atoms with Crippen molar-refractivity contribution in [2.24, 2.45) is 5.84 Å². The van der Waals surface area contributed by atoms with E-state index in [1.807, 2.05) is 5.43 Å². The smallest absolute Gasteiger partial charge is 0.282 e. The van der Waals surface area contributed by atoms with Crippen LogP contribution in [-0.2, 0) is 0 Å². The van der Waals surface area contributed by atoms with Crippen molar-refractivity contribution in [1.82, 2.24) is 9.99 Å². The van der Waals surface area contributed by atoms with Crippen LogP contribution in [-0.4, -0.2) is 10.5 Å². The molecule has 0 spiro atoms. The second kappa shape index (κ2) is 4.16. The quantitative estimate of drug-likeness (QED) is 0.453. The third kappa shape index (κ3) is 1.68. The van der Waals surface area contributed by atoms with E-state index in [1.165, 1.54) is 10.6 Å². The molecular weight excluding hydrogens is 209 g/mol. The van der Waals surface area contributed by atoms with Gasteiger partial charge in [0.2, 0.25) is 0 Å². The average molecular weight is 219 g/mol. The van der Waals surface area contributed by atoms with Crippen molar-refractivity contribution in [2.45, 2.75) is 0 Å². The number of nitrogens with two attached hydrogens (primary N) is 1. The van der Waals surface area contributed by atoms with Crippen molar-refractivity contribution in [3.8, 4) is 5.69 Å². The molecule has 0 bridgehead atoms. The Kier molecular flexibility index (Phi) is 2.70. The summed E-state index contributed by atoms with van der Waals surface area (Å²) in [6.45, 7) is 0. The summed E-state index contributed by atoms with van der Waals surface area (Å²) in [6.07, 6.45) is 1.60. The topological polar surface area (TPSA) is 60.0 Å². The highest BCUT2D eigenvalue weighted by molar-refractivity contribution is 5.92. The molecule has 1 heterocycles. The van der Waals surface area contributed by atoms with Crippen LogP contribution in [0.5, 0.6) is 0 Å². The number of carbonyl (C=O) groups excluding carboxylic acids is 1. The number of halogens is 1. The molecule has 0 unspecified atom stereocenters. The molecule has 0 atom stereocenters. The van der Waals surface area contributed by atoms with E-state index in [-0.39, 0.29) is 5.69 Å². The van der Waals surface area contributed by atoms with Crippen LogP contribution in [0.3, 0.4) is 0 Å². The molecular formula is C11H10FN3O. The summed E-state index contributed by atoms with van der Waals surface area (Å²) < 4.78 is 15.0. The Labute approximate surface area is 91.5 Å². The Morgan fingerprint density at radius 3 is 2.69 bits per heavy atom. The number of rotatable bonds is 2. The summed E-state index contributed by atoms with van der Waals surface area (Å²) in [5, 5.41) is 0. The number of nitrogens with one attached hydrogen (secondary N) is 1. The number of hydrazine groups is 1. The lowest BCUT2D eigenvalue weighted by molar-refractivity contribution is 0.0947. The fourth-order valence-electron chi connectivity index (χ4n) is 1.50. The second-order valence-corrected chi connectivity index (χ2v) is 3.19. The Balaban J connectivity index is 2.53. The van der Waals surface area contributed by atoms with Crippen molar-refractivity contribution in [3.05, 3.63) is 54.1 Å². The third-order valence-corrected chi connectivity index (χ3v) is 2.22. The van der Waals surface area contributed by atoms with E-state index >= 15 is 0 Å². The number of nitrogen functional groups attached to an aromatic ring is 1. The number of benzene rings is 1. The van der Waals surface area contributed by atoms with Gasteiger partial charge in [-0.2, -0.15) is 0 Å². The average Bonchev–Trinajstić information content (AvgIpc) is 2.77. The summed E-state index contributed by atoms with van der Waals surface area (Å²) in [7, 11) is 0. The maximum absolute atomic E-state index is 13.5. The Bertz CT molecular complexity index is 521. The summed E-state index contributed by atoms with van der Waals surface area (Å²) >= 11 is 0. The zero-order valence-electron chi connectivity index (χ0n) is 8.35. The highest BCUT2D eigenvalue weighted by Gasteiger charge is 2.12. The van der Waals surface area contributed by atoms with E-state index < -0.39 is 11.7 Å². The molecule has 2 rings (SSSR count). The van der Waals surface area contributed by atoms with Gasteiger partial charge in [0, 0.05) is 6.20 Å². The first-order chi connectivity index (χ1) is 7.74. The van der Waals surface area contributed by atoms with Gasteiger partial charge in [0.1, 0.15) is 11.5 Å². The lowest BCUT2D eigenvalue weighted by atomic mass is 10.3. The summed E-state index contributed by atoms with van der Waals surface area (Å²) in [6, 6.07) is 9.42. The van der Waals surface area contributed by atoms with Gasteiger partial charge >= 0.3 is 0 Å². The van der Waals surface area contributed by atoms with E-state index in [0.29, 0.717) is 5.69 Å². The van der Waals surface area contributed by atoms with Gasteiger partial charge in [-0.1, -0.05) is 12.1 Å². The lowest BCUT2D eigenvalue weighted by Gasteiger charge is -2.08. The first kappa shape index (κ1) is 10.4. The maximum atomic E-state index is 13.5. The van der Waals surface area contributed by atoms with E-state index in [2.05, 4.69) is 0 Å². The minimum Gasteiger partial charge on any atom is -0.310 e. The van der Waals surface area contributed by atoms with Crippen LogP contribution in [0.4, 0.5) is 4.39 Å². The van der Waals surface area contributed by atoms with Crippen molar-refractivity contribution in [2.75, 3.05) is 0 Å². The van der Waals surface area contributed by atoms with Crippen LogP contribution in [0.2, 0.25) is 0 Å². The number of aromatic nitrogens is 1. The van der Waals surface area contributed by atoms with Crippen LogP contribution in [0, 0.1) is 5.82 Å². The van der Waals surface area contributed by atoms with Crippen LogP contribution in [0.15, 0.2) is 42.6 Å². The van der Waals surface area contributed by atoms with Gasteiger partial charge in [0.05, 0.1) is 5.69 Å². The fraction of sp³-hybridized carbons (Fsp3) is 0. The molecule has 82 valence electrons. The molecule has 0 aliphatic rings. The van der Waals surface area contributed by atoms with Gasteiger partial charge in [-0.15, -0.1) is 0 Å². The molecule has 3 N–H and O–H groups in total. The molecule has 1 aromatic carbocycles. The normalized spacial score (nSPS) is 10.1. The number of amides is 1. The summed E-state index contributed by atoms with van der Waals surface area (Å²) in [4.78, 5) is 11.4. The molecule has 0 fully saturated rings. The molecule has 0 aliphatic heterocycles. The predicted octanol–water partition coefficient (Wildman–Crippen LogP) is 1.22. The monoisotopic (exact) mass is 219 g/mol. The number of hydrogen-bond acceptors (Lipinski definition) is 2. The number of nitrogens with zero attached hydrogens (tertiary/aromatic N) is 1. The van der Waals surface area contributed by atoms with E-state index in [1.54, 1.807) is 36.5 Å². The fourth-order valence-corrected chi connectivity index (χ4v) is 1.50. The second-order valence-electron chi connectivity index (χ2n) is 3.19. The first-order valence-electron chi connectivity index (χ1n) is 4.67. The van der Waals surface area contributed by atoms with E-state index in [4.69, 9.17) is 5.84 Å². The Hall–Kier alpha value is -2.14. The summed E-state index contributed by atoms with van der Waals surface area (Å²) in [5.41, 5.74) is 2.61. The highest BCUT2D eigenvalue weighted by atomic mass is 19.1. The van der Waals surface area contributed by atoms with Crippen LogP contribution in [0.1, 0.15) is 10.5 Å². The van der Waals surface area contributed by atoms with Gasteiger partial charge in [0.25, 0.3) is 5.91 Å². The number of para-hydroxylation sites is 1. The number of hydrogen-bond donors (Lipinski definition) is 2. The van der Waals surface area contributed by atoms with Gasteiger partial charge in [-0.25, -0.2) is 10.2 Å². The van der Waals surface area contributed by atoms with Gasteiger partial charge < -0.3 is 4.57 Å². The molecule has 0 radical (unpaired) electrons. The van der Waals surface area contributed by atoms with Gasteiger partial charge in [0.15, 0.2) is 0 Å². The van der Waals surface area contributed by atoms with Crippen molar-refractivity contribution in [3.63, 3.8) is 0 Å². The van der Waals surface area contributed by atoms with E-state index in [0.717, 1.165) is 0 Å². The van der Waals surface area contributed by atoms with E-state index in [9.17, 15) is 9.18 Å². The maximum Gasteiger partial charge on any atom is 0.282 e. The molecule has 0 saturated heterocycles. The molecule has 1 aromatic heterocycles. The highest BCUT2D eigenvalue weighted by Crippen LogP contribution is 2.15. The minimum atomic E-state index is -0.465. The van der Waals surface area contributed by atoms with Crippen molar-refractivity contribution >= 4 is 5.91 Å². The molecule has 16 heavy (non-hydrogen) atoms. The molecule has 1 amide bonds. The minimum absolute atomic E-state index is 0.285. The largest absolute Gasteiger partial charge is 0.310 e. The van der Waals surface area contributed by atoms with Gasteiger partial charge in [-0.05, 0) is 24.3 Å². The standard InChI is InChI=1S/C11H10FN3O/c12-8-4-1-2-5-9(8)15-7-3-6-10(15)11(16)14-13/h1-7H,13H2,(H,14,16). The van der Waals surface area contributed by atoms with Gasteiger partial charge in [-0.3, -0.25) is 10.2 Å². The van der Waals surface area contributed by atoms with Crippen LogP contribution >= 0.6 is 0 Å². The van der Waals surface area contributed by atoms with Crippen LogP contribution < -0.4 is 11.3 Å². The Morgan fingerprint density at radius 1 is 1.25 bits per heavy atom. The molecule has 0 aliphatic carbocycles. The predicted molar refractivity (Wildman–Crippen MR) is 57.4 cm³/mol. The third-order valence-electron chi connectivity index (χ3n) is 2.22. The molecule has 2 aromatic rings. The first-order valence-corrected chi connectivity index (χ1v) is 4.67. The number of carbonyl (C=O) groups is 1. The lowest BCUT2D eigenvalue weighted by Crippen LogP contribution is -2.31. The molecule has 0 saturated carbocycles. The zero-order valence-corrected chi connectivity index (χ0v) is 8.35. The SMILES string of the molecule is NNC(=O)c1cccn1-c1ccccc1F. The summed E-state index contributed by atoms with van der Waals surface area (Å²) in [5.74, 6) is 4.18. The molecule has 4 nitrogen and oxygen atoms in total. The van der Waals surface area contributed by atoms with Crippen molar-refractivity contribution < 1.29 is 9.18 Å². The van der Waals surface area contributed by atoms with Crippen LogP contribution in [0.25, 0.3) is 5.69 Å². The Morgan fingerprint density at radius 2 is 2.00 bits per heavy atom.